The topological polar surface area (TPSA) is 176 Å². The number of pyridine rings is 2. The number of carbonyl (C=O) groups is 2. The molecule has 4 aliphatic rings. The van der Waals surface area contributed by atoms with E-state index in [0.29, 0.717) is 86.3 Å². The van der Waals surface area contributed by atoms with Gasteiger partial charge in [-0.15, -0.1) is 11.6 Å². The largest absolute Gasteiger partial charge is 1.00 e. The maximum Gasteiger partial charge on any atom is 1.00 e. The quantitative estimate of drug-likeness (QED) is 0.184. The molecule has 2 saturated carbocycles. The van der Waals surface area contributed by atoms with Crippen molar-refractivity contribution in [1.29, 1.82) is 10.5 Å². The Morgan fingerprint density at radius 3 is 1.60 bits per heavy atom. The third-order valence-corrected chi connectivity index (χ3v) is 11.3. The molecule has 2 amide bonds. The molecule has 0 bridgehead atoms. The van der Waals surface area contributed by atoms with Gasteiger partial charge in [-0.1, -0.05) is 27.7 Å². The van der Waals surface area contributed by atoms with Gasteiger partial charge in [0.15, 0.2) is 0 Å². The second kappa shape index (κ2) is 17.4. The summed E-state index contributed by atoms with van der Waals surface area (Å²) in [5.41, 5.74) is 1.19. The van der Waals surface area contributed by atoms with Crippen molar-refractivity contribution in [2.45, 2.75) is 77.9 Å². The van der Waals surface area contributed by atoms with Crippen LogP contribution in [0, 0.1) is 45.3 Å². The average molecular weight is 770 g/mol. The number of halogens is 2. The van der Waals surface area contributed by atoms with E-state index in [1.54, 1.807) is 17.3 Å². The van der Waals surface area contributed by atoms with E-state index in [9.17, 15) is 23.3 Å². The summed E-state index contributed by atoms with van der Waals surface area (Å²) in [6, 6.07) is 4.16. The van der Waals surface area contributed by atoms with Gasteiger partial charge in [-0.3, -0.25) is 23.7 Å². The van der Waals surface area contributed by atoms with Crippen molar-refractivity contribution in [3.63, 3.8) is 0 Å². The van der Waals surface area contributed by atoms with Gasteiger partial charge in [0, 0.05) is 52.1 Å². The predicted molar refractivity (Wildman–Crippen MR) is 182 cm³/mol. The summed E-state index contributed by atoms with van der Waals surface area (Å²) in [6.45, 7) is 10.1. The molecule has 0 saturated heterocycles. The summed E-state index contributed by atoms with van der Waals surface area (Å²) in [6.07, 6.45) is 9.78. The molecule has 13 nitrogen and oxygen atoms in total. The van der Waals surface area contributed by atoms with Crippen molar-refractivity contribution >= 4 is 33.5 Å². The number of hydrogen-bond acceptors (Lipinski definition) is 11. The van der Waals surface area contributed by atoms with E-state index in [1.807, 2.05) is 32.6 Å². The van der Waals surface area contributed by atoms with Crippen LogP contribution in [0.3, 0.4) is 0 Å². The zero-order valence-electron chi connectivity index (χ0n) is 30.4. The summed E-state index contributed by atoms with van der Waals surface area (Å²) in [7, 11) is -3.48. The van der Waals surface area contributed by atoms with Gasteiger partial charge >= 0.3 is 18.9 Å². The van der Waals surface area contributed by atoms with Crippen LogP contribution in [0.15, 0.2) is 24.8 Å². The summed E-state index contributed by atoms with van der Waals surface area (Å²) in [4.78, 5) is 37.9. The monoisotopic (exact) mass is 768 g/mol. The summed E-state index contributed by atoms with van der Waals surface area (Å²) < 4.78 is 38.9. The van der Waals surface area contributed by atoms with Crippen molar-refractivity contribution in [2.24, 2.45) is 22.7 Å². The average Bonchev–Trinajstić information content (AvgIpc) is 3.40. The SMILES string of the molecule is CC(C)(C(=O)N1CCOc2c(C#N)cncc2C1)C1CC(Cl)C1.CC(C)(C(=O)N1CCOc2c(C#N)cncc2C1)C1CC(OS(C)(=O)=O)C1.[Cl-].[Li+]. The van der Waals surface area contributed by atoms with Crippen LogP contribution in [0.2, 0.25) is 0 Å². The number of aromatic nitrogens is 2. The van der Waals surface area contributed by atoms with Crippen LogP contribution in [0.1, 0.15) is 75.6 Å². The van der Waals surface area contributed by atoms with Gasteiger partial charge in [0.2, 0.25) is 11.8 Å². The number of nitrogens with zero attached hydrogens (tertiary/aromatic N) is 6. The molecule has 276 valence electrons. The van der Waals surface area contributed by atoms with Gasteiger partial charge in [-0.05, 0) is 37.5 Å². The molecule has 0 spiro atoms. The van der Waals surface area contributed by atoms with Crippen molar-refractivity contribution in [2.75, 3.05) is 32.6 Å². The summed E-state index contributed by atoms with van der Waals surface area (Å²) >= 11 is 6.08. The Bertz CT molecular complexity index is 1820. The molecule has 52 heavy (non-hydrogen) atoms. The maximum atomic E-state index is 13.2. The van der Waals surface area contributed by atoms with Gasteiger partial charge in [0.05, 0.1) is 38.5 Å². The fourth-order valence-electron chi connectivity index (χ4n) is 6.92. The van der Waals surface area contributed by atoms with E-state index in [4.69, 9.17) is 30.5 Å². The molecule has 0 unspecified atom stereocenters. The van der Waals surface area contributed by atoms with Crippen LogP contribution in [0.4, 0.5) is 0 Å². The molecule has 6 rings (SSSR count). The van der Waals surface area contributed by atoms with E-state index in [0.717, 1.165) is 24.7 Å². The predicted octanol–water partition coefficient (Wildman–Crippen LogP) is -1.82. The van der Waals surface area contributed by atoms with Crippen molar-refractivity contribution in [3.05, 3.63) is 47.0 Å². The fraction of sp³-hybridized carbons (Fsp3) is 0.600. The molecule has 2 aliphatic heterocycles. The van der Waals surface area contributed by atoms with Crippen molar-refractivity contribution in [1.82, 2.24) is 19.8 Å². The van der Waals surface area contributed by atoms with E-state index >= 15 is 0 Å². The third-order valence-electron chi connectivity index (χ3n) is 10.3. The number of fused-ring (bicyclic) bond motifs is 2. The standard InChI is InChI=1S/C18H23N3O5S.C17H20ClN3O2.ClH.Li/c1-18(2,14-6-15(7-14)26-27(3,23)24)17(22)21-4-5-25-16-12(8-19)9-20-10-13(16)11-21;1-17(2,13-5-14(18)6-13)16(22)21-3-4-23-15-11(7-19)8-20-9-12(15)10-21;;/h9-10,14-15H,4-7,11H2,1-3H3;8-9,13-14H,3-6,10H2,1-2H3;1H;/q;;;+1/p-1. The molecule has 0 N–H and O–H groups in total. The van der Waals surface area contributed by atoms with Crippen LogP contribution in [0.5, 0.6) is 11.5 Å². The van der Waals surface area contributed by atoms with Crippen molar-refractivity contribution in [3.8, 4) is 23.6 Å². The second-order valence-electron chi connectivity index (χ2n) is 14.5. The van der Waals surface area contributed by atoms with E-state index in [-0.39, 0.29) is 60.5 Å². The van der Waals surface area contributed by atoms with Crippen LogP contribution < -0.4 is 40.7 Å². The molecular weight excluding hydrogens is 726 g/mol. The molecule has 2 aromatic heterocycles. The fourth-order valence-corrected chi connectivity index (χ4v) is 8.01. The summed E-state index contributed by atoms with van der Waals surface area (Å²) in [5.74, 6) is 1.51. The molecule has 0 radical (unpaired) electrons. The Morgan fingerprint density at radius 2 is 1.23 bits per heavy atom. The first kappa shape index (κ1) is 43.3. The Kier molecular flexibility index (Phi) is 14.5. The van der Waals surface area contributed by atoms with Crippen LogP contribution in [-0.4, -0.2) is 84.0 Å². The first-order valence-corrected chi connectivity index (χ1v) is 18.9. The molecular formula is C35H43Cl2LiN6O7S. The molecule has 2 aliphatic carbocycles. The summed E-state index contributed by atoms with van der Waals surface area (Å²) in [5, 5.41) is 18.6. The van der Waals surface area contributed by atoms with Gasteiger partial charge in [0.25, 0.3) is 10.1 Å². The number of ether oxygens (including phenoxy) is 2. The van der Waals surface area contributed by atoms with Crippen molar-refractivity contribution < 1.29 is 62.9 Å². The Hall–Kier alpha value is -3.09. The van der Waals surface area contributed by atoms with Gasteiger partial charge in [0.1, 0.15) is 48.0 Å². The third kappa shape index (κ3) is 9.52. The number of nitriles is 2. The Labute approximate surface area is 329 Å². The smallest absolute Gasteiger partial charge is 1.00 e. The number of alkyl halides is 1. The molecule has 2 aromatic rings. The molecule has 2 fully saturated rings. The minimum Gasteiger partial charge on any atom is -1.00 e. The van der Waals surface area contributed by atoms with Gasteiger partial charge < -0.3 is 31.7 Å². The number of hydrogen-bond donors (Lipinski definition) is 0. The van der Waals surface area contributed by atoms with E-state index in [1.165, 1.54) is 12.4 Å². The number of amides is 2. The first-order chi connectivity index (χ1) is 23.5. The minimum absolute atomic E-state index is 0. The molecule has 17 heteroatoms. The van der Waals surface area contributed by atoms with E-state index in [2.05, 4.69) is 22.1 Å². The minimum atomic E-state index is -3.48. The first-order valence-electron chi connectivity index (χ1n) is 16.7. The second-order valence-corrected chi connectivity index (χ2v) is 16.7. The zero-order chi connectivity index (χ0) is 36.4. The Balaban J connectivity index is 0.000000273. The molecule has 0 atom stereocenters. The normalized spacial score (nSPS) is 22.3. The van der Waals surface area contributed by atoms with Crippen LogP contribution in [-0.2, 0) is 37.0 Å². The Morgan fingerprint density at radius 1 is 0.827 bits per heavy atom. The van der Waals surface area contributed by atoms with Gasteiger partial charge in [-0.2, -0.15) is 18.9 Å². The van der Waals surface area contributed by atoms with Gasteiger partial charge in [-0.25, -0.2) is 0 Å². The molecule has 4 heterocycles. The maximum absolute atomic E-state index is 13.2. The number of rotatable bonds is 6. The van der Waals surface area contributed by atoms with E-state index < -0.39 is 20.9 Å². The van der Waals surface area contributed by atoms with Crippen LogP contribution in [0.25, 0.3) is 0 Å². The number of carbonyl (C=O) groups excluding carboxylic acids is 2. The van der Waals surface area contributed by atoms with Crippen LogP contribution >= 0.6 is 11.6 Å². The molecule has 0 aromatic carbocycles. The zero-order valence-corrected chi connectivity index (χ0v) is 32.7.